The Labute approximate surface area is 213 Å². The normalized spacial score (nSPS) is 21.2. The summed E-state index contributed by atoms with van der Waals surface area (Å²) in [5.41, 5.74) is 8.05. The molecule has 1 fully saturated rings. The minimum atomic E-state index is -5.08. The number of benzene rings is 1. The summed E-state index contributed by atoms with van der Waals surface area (Å²) in [6.45, 7) is -0.228. The number of nitrogens with one attached hydrogen (secondary N) is 1. The van der Waals surface area contributed by atoms with Crippen molar-refractivity contribution in [1.82, 2.24) is 14.5 Å². The molecule has 2 aromatic rings. The molecule has 1 aliphatic heterocycles. The predicted octanol–water partition coefficient (Wildman–Crippen LogP) is 1.13. The standard InChI is InChI=1S/C22H25F3N6O7/c1-13-10-30(21(35)31(18(13)33)12-36-11-14-5-3-2-4-6-14)19-17(16(32)15(38-19)9-28-29-26)37-8-7-27-20(34)22(23,24)25/h2-6,10,15-17,19,32H,7-9,11-12H2,1H3,(H,27,34)/t15-,16-,17-,19-/m1/s1. The first-order chi connectivity index (χ1) is 18.0. The van der Waals surface area contributed by atoms with Gasteiger partial charge in [-0.25, -0.2) is 9.36 Å². The molecule has 1 aliphatic rings. The first-order valence-electron chi connectivity index (χ1n) is 11.3. The number of hydrogen-bond donors (Lipinski definition) is 2. The lowest BCUT2D eigenvalue weighted by atomic mass is 10.1. The molecule has 0 saturated carbocycles. The van der Waals surface area contributed by atoms with Crippen LogP contribution < -0.4 is 16.6 Å². The van der Waals surface area contributed by atoms with Gasteiger partial charge >= 0.3 is 17.8 Å². The van der Waals surface area contributed by atoms with E-state index in [0.29, 0.717) is 0 Å². The molecule has 4 atom stereocenters. The van der Waals surface area contributed by atoms with Crippen molar-refractivity contribution in [2.75, 3.05) is 19.7 Å². The van der Waals surface area contributed by atoms with Crippen molar-refractivity contribution in [2.45, 2.75) is 51.0 Å². The molecule has 2 heterocycles. The quantitative estimate of drug-likeness (QED) is 0.186. The van der Waals surface area contributed by atoms with Gasteiger partial charge in [0.15, 0.2) is 6.23 Å². The van der Waals surface area contributed by atoms with Crippen LogP contribution in [-0.4, -0.2) is 64.3 Å². The number of carbonyl (C=O) groups excluding carboxylic acids is 1. The topological polar surface area (TPSA) is 170 Å². The van der Waals surface area contributed by atoms with Gasteiger partial charge in [0, 0.05) is 23.2 Å². The van der Waals surface area contributed by atoms with Crippen molar-refractivity contribution in [1.29, 1.82) is 0 Å². The molecule has 0 bridgehead atoms. The fraction of sp³-hybridized carbons (Fsp3) is 0.500. The number of hydrogen-bond acceptors (Lipinski definition) is 8. The summed E-state index contributed by atoms with van der Waals surface area (Å²) in [6, 6.07) is 9.02. The Kier molecular flexibility index (Phi) is 9.66. The Morgan fingerprint density at radius 2 is 2.00 bits per heavy atom. The molecule has 3 rings (SSSR count). The molecule has 1 saturated heterocycles. The minimum absolute atomic E-state index is 0.114. The highest BCUT2D eigenvalue weighted by atomic mass is 19.4. The van der Waals surface area contributed by atoms with E-state index in [-0.39, 0.29) is 18.7 Å². The lowest BCUT2D eigenvalue weighted by Gasteiger charge is -2.23. The minimum Gasteiger partial charge on any atom is -0.388 e. The van der Waals surface area contributed by atoms with Gasteiger partial charge in [0.05, 0.1) is 25.9 Å². The van der Waals surface area contributed by atoms with Gasteiger partial charge in [0.2, 0.25) is 0 Å². The van der Waals surface area contributed by atoms with Gasteiger partial charge in [-0.05, 0) is 18.0 Å². The van der Waals surface area contributed by atoms with Crippen LogP contribution in [0.15, 0.2) is 51.2 Å². The van der Waals surface area contributed by atoms with Crippen molar-refractivity contribution in [3.05, 3.63) is 78.9 Å². The van der Waals surface area contributed by atoms with E-state index < -0.39 is 67.8 Å². The molecule has 16 heteroatoms. The molecular weight excluding hydrogens is 517 g/mol. The van der Waals surface area contributed by atoms with E-state index in [1.807, 2.05) is 6.07 Å². The molecule has 1 aromatic carbocycles. The molecule has 0 spiro atoms. The summed E-state index contributed by atoms with van der Waals surface area (Å²) in [5, 5.41) is 15.7. The van der Waals surface area contributed by atoms with Gasteiger partial charge in [-0.3, -0.25) is 14.2 Å². The van der Waals surface area contributed by atoms with Gasteiger partial charge in [-0.1, -0.05) is 35.4 Å². The number of rotatable bonds is 11. The van der Waals surface area contributed by atoms with E-state index in [0.717, 1.165) is 14.7 Å². The molecule has 38 heavy (non-hydrogen) atoms. The average Bonchev–Trinajstić information content (AvgIpc) is 3.19. The Bertz CT molecular complexity index is 1280. The van der Waals surface area contributed by atoms with Crippen molar-refractivity contribution in [2.24, 2.45) is 5.11 Å². The van der Waals surface area contributed by atoms with Crippen LogP contribution in [-0.2, 0) is 32.3 Å². The molecule has 0 unspecified atom stereocenters. The number of aliphatic hydroxyl groups excluding tert-OH is 1. The van der Waals surface area contributed by atoms with Crippen LogP contribution >= 0.6 is 0 Å². The zero-order valence-electron chi connectivity index (χ0n) is 20.1. The summed E-state index contributed by atoms with van der Waals surface area (Å²) in [6.07, 6.45) is -9.18. The molecule has 206 valence electrons. The lowest BCUT2D eigenvalue weighted by molar-refractivity contribution is -0.174. The van der Waals surface area contributed by atoms with E-state index in [1.165, 1.54) is 13.1 Å². The van der Waals surface area contributed by atoms with Crippen LogP contribution in [0.5, 0.6) is 0 Å². The van der Waals surface area contributed by atoms with Gasteiger partial charge in [-0.2, -0.15) is 13.2 Å². The van der Waals surface area contributed by atoms with Crippen LogP contribution in [0.1, 0.15) is 17.4 Å². The molecule has 1 aromatic heterocycles. The average molecular weight is 542 g/mol. The highest BCUT2D eigenvalue weighted by Gasteiger charge is 2.46. The predicted molar refractivity (Wildman–Crippen MR) is 124 cm³/mol. The first kappa shape index (κ1) is 28.9. The van der Waals surface area contributed by atoms with Gasteiger partial charge in [0.1, 0.15) is 18.9 Å². The van der Waals surface area contributed by atoms with Crippen molar-refractivity contribution >= 4 is 5.91 Å². The van der Waals surface area contributed by atoms with Crippen LogP contribution in [0.25, 0.3) is 10.4 Å². The van der Waals surface area contributed by atoms with Crippen LogP contribution in [0.4, 0.5) is 13.2 Å². The smallest absolute Gasteiger partial charge is 0.388 e. The van der Waals surface area contributed by atoms with E-state index in [2.05, 4.69) is 10.0 Å². The summed E-state index contributed by atoms with van der Waals surface area (Å²) in [4.78, 5) is 39.5. The van der Waals surface area contributed by atoms with Crippen LogP contribution in [0.2, 0.25) is 0 Å². The third kappa shape index (κ3) is 6.99. The number of aliphatic hydroxyl groups is 1. The van der Waals surface area contributed by atoms with Crippen LogP contribution in [0.3, 0.4) is 0 Å². The molecule has 1 amide bonds. The third-order valence-corrected chi connectivity index (χ3v) is 5.57. The molecule has 13 nitrogen and oxygen atoms in total. The van der Waals surface area contributed by atoms with Crippen molar-refractivity contribution in [3.63, 3.8) is 0 Å². The monoisotopic (exact) mass is 542 g/mol. The van der Waals surface area contributed by atoms with Gasteiger partial charge < -0.3 is 24.6 Å². The highest BCUT2D eigenvalue weighted by Crippen LogP contribution is 2.31. The summed E-state index contributed by atoms with van der Waals surface area (Å²) >= 11 is 0. The summed E-state index contributed by atoms with van der Waals surface area (Å²) in [7, 11) is 0. The third-order valence-electron chi connectivity index (χ3n) is 5.57. The number of ether oxygens (including phenoxy) is 3. The Hall–Kier alpha value is -3.69. The number of carbonyl (C=O) groups is 1. The second kappa shape index (κ2) is 12.7. The number of aryl methyl sites for hydroxylation is 1. The zero-order chi connectivity index (χ0) is 27.9. The summed E-state index contributed by atoms with van der Waals surface area (Å²) < 4.78 is 55.7. The maximum atomic E-state index is 13.2. The SMILES string of the molecule is Cc1cn([C@@H]2O[C@H](CN=[N+]=[N-])[C@@H](O)[C@H]2OCCNC(=O)C(F)(F)F)c(=O)n(COCc2ccccc2)c1=O. The molecule has 0 radical (unpaired) electrons. The van der Waals surface area contributed by atoms with E-state index in [4.69, 9.17) is 19.7 Å². The fourth-order valence-electron chi connectivity index (χ4n) is 3.73. The maximum absolute atomic E-state index is 13.2. The van der Waals surface area contributed by atoms with Crippen molar-refractivity contribution in [3.8, 4) is 0 Å². The van der Waals surface area contributed by atoms with Gasteiger partial charge in [-0.15, -0.1) is 0 Å². The number of amides is 1. The number of alkyl halides is 3. The highest BCUT2D eigenvalue weighted by molar-refractivity contribution is 5.81. The number of halogens is 3. The van der Waals surface area contributed by atoms with E-state index in [9.17, 15) is 32.7 Å². The van der Waals surface area contributed by atoms with Crippen molar-refractivity contribution < 1.29 is 37.3 Å². The van der Waals surface area contributed by atoms with Gasteiger partial charge in [0.25, 0.3) is 5.56 Å². The first-order valence-corrected chi connectivity index (χ1v) is 11.3. The Balaban J connectivity index is 1.82. The molecule has 2 N–H and O–H groups in total. The zero-order valence-corrected chi connectivity index (χ0v) is 20.1. The Morgan fingerprint density at radius 1 is 1.29 bits per heavy atom. The molecule has 0 aliphatic carbocycles. The number of azide groups is 1. The fourth-order valence-corrected chi connectivity index (χ4v) is 3.73. The molecular formula is C22H25F3N6O7. The second-order valence-corrected chi connectivity index (χ2v) is 8.26. The van der Waals surface area contributed by atoms with E-state index >= 15 is 0 Å². The van der Waals surface area contributed by atoms with E-state index in [1.54, 1.807) is 29.6 Å². The maximum Gasteiger partial charge on any atom is 0.471 e. The Morgan fingerprint density at radius 3 is 2.66 bits per heavy atom. The number of nitrogens with zero attached hydrogens (tertiary/aromatic N) is 5. The lowest BCUT2D eigenvalue weighted by Crippen LogP contribution is -2.45. The number of aromatic nitrogens is 2. The largest absolute Gasteiger partial charge is 0.471 e. The second-order valence-electron chi connectivity index (χ2n) is 8.26. The van der Waals surface area contributed by atoms with Crippen LogP contribution in [0, 0.1) is 6.92 Å². The summed E-state index contributed by atoms with van der Waals surface area (Å²) in [5.74, 6) is -2.17.